The van der Waals surface area contributed by atoms with E-state index in [1.807, 2.05) is 20.0 Å². The Balaban J connectivity index is 1.85. The predicted octanol–water partition coefficient (Wildman–Crippen LogP) is 3.17. The third-order valence-electron chi connectivity index (χ3n) is 3.35. The second kappa shape index (κ2) is 5.12. The molecule has 0 fully saturated rings. The summed E-state index contributed by atoms with van der Waals surface area (Å²) in [5.74, 6) is -0.889. The lowest BCUT2D eigenvalue weighted by Gasteiger charge is -2.07. The van der Waals surface area contributed by atoms with Crippen LogP contribution < -0.4 is 5.32 Å². The first-order valence-electron chi connectivity index (χ1n) is 6.52. The molecule has 2 aromatic heterocycles. The molecule has 0 bridgehead atoms. The summed E-state index contributed by atoms with van der Waals surface area (Å²) < 4.78 is 28.4. The van der Waals surface area contributed by atoms with Crippen molar-refractivity contribution in [2.45, 2.75) is 13.5 Å². The molecule has 0 aliphatic heterocycles. The van der Waals surface area contributed by atoms with Gasteiger partial charge in [-0.2, -0.15) is 5.10 Å². The van der Waals surface area contributed by atoms with Crippen LogP contribution in [0.1, 0.15) is 11.3 Å². The summed E-state index contributed by atoms with van der Waals surface area (Å²) in [7, 11) is 1.83. The number of rotatable bonds is 3. The lowest BCUT2D eigenvalue weighted by Crippen LogP contribution is -2.03. The molecule has 0 aliphatic rings. The van der Waals surface area contributed by atoms with E-state index in [-0.39, 0.29) is 12.1 Å². The minimum Gasteiger partial charge on any atom is -0.380 e. The molecular formula is C15H14F2N4. The molecule has 3 rings (SSSR count). The highest BCUT2D eigenvalue weighted by Crippen LogP contribution is 2.20. The van der Waals surface area contributed by atoms with Crippen LogP contribution in [-0.4, -0.2) is 14.8 Å². The third-order valence-corrected chi connectivity index (χ3v) is 3.35. The number of anilines is 1. The van der Waals surface area contributed by atoms with Gasteiger partial charge in [0.25, 0.3) is 0 Å². The standard InChI is InChI=1S/C15H14F2N4/c1-9-13-6-12(8-19-15(13)21(2)20-9)18-7-10-5-11(16)3-4-14(10)17/h3-6,8,18H,7H2,1-2H3. The van der Waals surface area contributed by atoms with E-state index in [1.54, 1.807) is 10.9 Å². The van der Waals surface area contributed by atoms with Crippen LogP contribution in [0.15, 0.2) is 30.5 Å². The Bertz CT molecular complexity index is 811. The van der Waals surface area contributed by atoms with Crippen molar-refractivity contribution >= 4 is 16.7 Å². The minimum atomic E-state index is -0.454. The number of hydrogen-bond donors (Lipinski definition) is 1. The monoisotopic (exact) mass is 288 g/mol. The van der Waals surface area contributed by atoms with Crippen LogP contribution >= 0.6 is 0 Å². The van der Waals surface area contributed by atoms with Crippen LogP contribution in [0.4, 0.5) is 14.5 Å². The quantitative estimate of drug-likeness (QED) is 0.805. The molecule has 0 aliphatic carbocycles. The van der Waals surface area contributed by atoms with Gasteiger partial charge in [-0.05, 0) is 31.2 Å². The third kappa shape index (κ3) is 2.56. The van der Waals surface area contributed by atoms with Crippen molar-refractivity contribution in [3.05, 3.63) is 53.4 Å². The fourth-order valence-electron chi connectivity index (χ4n) is 2.28. The Kier molecular flexibility index (Phi) is 3.29. The first kappa shape index (κ1) is 13.5. The average Bonchev–Trinajstić information content (AvgIpc) is 2.75. The molecule has 2 heterocycles. The lowest BCUT2D eigenvalue weighted by atomic mass is 10.2. The highest BCUT2D eigenvalue weighted by molar-refractivity contribution is 5.81. The van der Waals surface area contributed by atoms with Crippen molar-refractivity contribution in [1.29, 1.82) is 0 Å². The van der Waals surface area contributed by atoms with Gasteiger partial charge in [0.2, 0.25) is 0 Å². The van der Waals surface area contributed by atoms with Crippen molar-refractivity contribution in [3.8, 4) is 0 Å². The van der Waals surface area contributed by atoms with Gasteiger partial charge in [0.1, 0.15) is 11.6 Å². The van der Waals surface area contributed by atoms with Crippen LogP contribution in [0.2, 0.25) is 0 Å². The van der Waals surface area contributed by atoms with Crippen molar-refractivity contribution < 1.29 is 8.78 Å². The predicted molar refractivity (Wildman–Crippen MR) is 76.9 cm³/mol. The average molecular weight is 288 g/mol. The molecule has 0 radical (unpaired) electrons. The number of nitrogens with one attached hydrogen (secondary N) is 1. The maximum absolute atomic E-state index is 13.6. The summed E-state index contributed by atoms with van der Waals surface area (Å²) >= 11 is 0. The van der Waals surface area contributed by atoms with E-state index < -0.39 is 11.6 Å². The molecule has 4 nitrogen and oxygen atoms in total. The van der Waals surface area contributed by atoms with E-state index in [0.717, 1.165) is 34.5 Å². The van der Waals surface area contributed by atoms with E-state index >= 15 is 0 Å². The Morgan fingerprint density at radius 2 is 2.05 bits per heavy atom. The summed E-state index contributed by atoms with van der Waals surface area (Å²) in [5, 5.41) is 8.28. The molecule has 0 saturated carbocycles. The highest BCUT2D eigenvalue weighted by atomic mass is 19.1. The number of pyridine rings is 1. The molecule has 21 heavy (non-hydrogen) atoms. The summed E-state index contributed by atoms with van der Waals surface area (Å²) in [6, 6.07) is 5.32. The van der Waals surface area contributed by atoms with Crippen molar-refractivity contribution in [2.75, 3.05) is 5.32 Å². The maximum Gasteiger partial charge on any atom is 0.157 e. The SMILES string of the molecule is Cc1nn(C)c2ncc(NCc3cc(F)ccc3F)cc12. The topological polar surface area (TPSA) is 42.7 Å². The van der Waals surface area contributed by atoms with Crippen molar-refractivity contribution in [1.82, 2.24) is 14.8 Å². The van der Waals surface area contributed by atoms with Crippen LogP contribution in [-0.2, 0) is 13.6 Å². The van der Waals surface area contributed by atoms with E-state index in [9.17, 15) is 8.78 Å². The summed E-state index contributed by atoms with van der Waals surface area (Å²) in [6.07, 6.45) is 1.65. The first-order valence-corrected chi connectivity index (χ1v) is 6.52. The molecule has 108 valence electrons. The summed E-state index contributed by atoms with van der Waals surface area (Å²) in [4.78, 5) is 4.32. The van der Waals surface area contributed by atoms with Crippen LogP contribution in [0.5, 0.6) is 0 Å². The number of hydrogen-bond acceptors (Lipinski definition) is 3. The van der Waals surface area contributed by atoms with Gasteiger partial charge in [-0.3, -0.25) is 4.68 Å². The van der Waals surface area contributed by atoms with E-state index in [2.05, 4.69) is 15.4 Å². The van der Waals surface area contributed by atoms with Gasteiger partial charge >= 0.3 is 0 Å². The van der Waals surface area contributed by atoms with E-state index in [0.29, 0.717) is 0 Å². The van der Waals surface area contributed by atoms with E-state index in [4.69, 9.17) is 0 Å². The summed E-state index contributed by atoms with van der Waals surface area (Å²) in [6.45, 7) is 2.09. The maximum atomic E-state index is 13.6. The zero-order valence-corrected chi connectivity index (χ0v) is 11.7. The van der Waals surface area contributed by atoms with Gasteiger partial charge in [-0.25, -0.2) is 13.8 Å². The van der Waals surface area contributed by atoms with Crippen molar-refractivity contribution in [2.24, 2.45) is 7.05 Å². The van der Waals surface area contributed by atoms with Gasteiger partial charge in [0, 0.05) is 24.5 Å². The molecule has 0 amide bonds. The Morgan fingerprint density at radius 1 is 1.24 bits per heavy atom. The molecule has 1 aromatic carbocycles. The fraction of sp³-hybridized carbons (Fsp3) is 0.200. The number of aryl methyl sites for hydroxylation is 2. The highest BCUT2D eigenvalue weighted by Gasteiger charge is 2.08. The zero-order valence-electron chi connectivity index (χ0n) is 11.7. The number of fused-ring (bicyclic) bond motifs is 1. The molecule has 1 N–H and O–H groups in total. The second-order valence-corrected chi connectivity index (χ2v) is 4.89. The summed E-state index contributed by atoms with van der Waals surface area (Å²) in [5.41, 5.74) is 2.68. The molecular weight excluding hydrogens is 274 g/mol. The van der Waals surface area contributed by atoms with Crippen LogP contribution in [0, 0.1) is 18.6 Å². The Morgan fingerprint density at radius 3 is 2.86 bits per heavy atom. The smallest absolute Gasteiger partial charge is 0.157 e. The Hall–Kier alpha value is -2.50. The van der Waals surface area contributed by atoms with Crippen LogP contribution in [0.3, 0.4) is 0 Å². The second-order valence-electron chi connectivity index (χ2n) is 4.89. The van der Waals surface area contributed by atoms with Gasteiger partial charge in [0.05, 0.1) is 17.6 Å². The van der Waals surface area contributed by atoms with Gasteiger partial charge in [-0.15, -0.1) is 0 Å². The van der Waals surface area contributed by atoms with Gasteiger partial charge in [-0.1, -0.05) is 0 Å². The molecule has 3 aromatic rings. The zero-order chi connectivity index (χ0) is 15.0. The minimum absolute atomic E-state index is 0.191. The van der Waals surface area contributed by atoms with Crippen molar-refractivity contribution in [3.63, 3.8) is 0 Å². The number of aromatic nitrogens is 3. The molecule has 0 saturated heterocycles. The molecule has 0 atom stereocenters. The molecule has 6 heteroatoms. The fourth-order valence-corrected chi connectivity index (χ4v) is 2.28. The van der Waals surface area contributed by atoms with Gasteiger partial charge in [0.15, 0.2) is 5.65 Å². The van der Waals surface area contributed by atoms with Gasteiger partial charge < -0.3 is 5.32 Å². The first-order chi connectivity index (χ1) is 10.0. The van der Waals surface area contributed by atoms with Crippen LogP contribution in [0.25, 0.3) is 11.0 Å². The largest absolute Gasteiger partial charge is 0.380 e. The lowest BCUT2D eigenvalue weighted by molar-refractivity contribution is 0.587. The number of benzene rings is 1. The number of halogens is 2. The molecule has 0 spiro atoms. The number of nitrogens with zero attached hydrogens (tertiary/aromatic N) is 3. The normalized spacial score (nSPS) is 11.0. The van der Waals surface area contributed by atoms with E-state index in [1.165, 1.54) is 6.07 Å². The Labute approximate surface area is 120 Å². The molecule has 0 unspecified atom stereocenters.